The lowest BCUT2D eigenvalue weighted by molar-refractivity contribution is 0.0690. The molecule has 0 aliphatic carbocycles. The molecule has 1 aliphatic heterocycles. The van der Waals surface area contributed by atoms with Crippen molar-refractivity contribution in [1.29, 1.82) is 0 Å². The van der Waals surface area contributed by atoms with Crippen LogP contribution in [-0.2, 0) is 13.0 Å². The van der Waals surface area contributed by atoms with Crippen LogP contribution >= 0.6 is 15.9 Å². The summed E-state index contributed by atoms with van der Waals surface area (Å²) in [6.07, 6.45) is 3.22. The first-order valence-electron chi connectivity index (χ1n) is 10.5. The Morgan fingerprint density at radius 3 is 2.37 bits per heavy atom. The minimum absolute atomic E-state index is 0.121. The highest BCUT2D eigenvalue weighted by Gasteiger charge is 2.24. The Bertz CT molecular complexity index is 981. The van der Waals surface area contributed by atoms with Crippen LogP contribution in [0.15, 0.2) is 83.3 Å². The molecule has 1 fully saturated rings. The van der Waals surface area contributed by atoms with E-state index in [1.165, 1.54) is 5.56 Å². The number of piperidine rings is 1. The van der Waals surface area contributed by atoms with Crippen LogP contribution in [0, 0.1) is 5.92 Å². The summed E-state index contributed by atoms with van der Waals surface area (Å²) in [5.74, 6) is 1.58. The highest BCUT2D eigenvalue weighted by atomic mass is 79.9. The molecule has 0 radical (unpaired) electrons. The first kappa shape index (κ1) is 20.7. The van der Waals surface area contributed by atoms with E-state index in [4.69, 9.17) is 4.74 Å². The maximum absolute atomic E-state index is 13.0. The zero-order chi connectivity index (χ0) is 20.8. The van der Waals surface area contributed by atoms with Crippen molar-refractivity contribution in [2.24, 2.45) is 5.92 Å². The van der Waals surface area contributed by atoms with Crippen LogP contribution in [0.3, 0.4) is 0 Å². The van der Waals surface area contributed by atoms with Crippen LogP contribution in [0.25, 0.3) is 0 Å². The molecule has 3 aromatic rings. The van der Waals surface area contributed by atoms with Gasteiger partial charge in [-0.05, 0) is 76.5 Å². The van der Waals surface area contributed by atoms with Crippen LogP contribution in [0.5, 0.6) is 5.75 Å². The molecule has 154 valence electrons. The van der Waals surface area contributed by atoms with Gasteiger partial charge in [0.15, 0.2) is 0 Å². The molecule has 4 rings (SSSR count). The highest BCUT2D eigenvalue weighted by Crippen LogP contribution is 2.25. The summed E-state index contributed by atoms with van der Waals surface area (Å²) in [4.78, 5) is 15.0. The molecule has 1 amide bonds. The van der Waals surface area contributed by atoms with E-state index in [1.807, 2.05) is 53.4 Å². The number of carbonyl (C=O) groups is 1. The van der Waals surface area contributed by atoms with E-state index in [9.17, 15) is 4.79 Å². The van der Waals surface area contributed by atoms with Gasteiger partial charge < -0.3 is 9.64 Å². The van der Waals surface area contributed by atoms with E-state index in [0.29, 0.717) is 12.5 Å². The number of halogens is 1. The number of para-hydroxylation sites is 1. The van der Waals surface area contributed by atoms with Crippen molar-refractivity contribution in [3.63, 3.8) is 0 Å². The standard InChI is InChI=1S/C26H26BrNO2/c27-24-11-4-5-12-25(24)30-19-22-9-6-10-23(18-22)26(29)28-15-13-21(14-16-28)17-20-7-2-1-3-8-20/h1-12,18,21H,13-17,19H2. The molecule has 4 heteroatoms. The van der Waals surface area contributed by atoms with Crippen molar-refractivity contribution in [2.45, 2.75) is 25.9 Å². The van der Waals surface area contributed by atoms with E-state index in [0.717, 1.165) is 53.7 Å². The Morgan fingerprint density at radius 2 is 1.60 bits per heavy atom. The van der Waals surface area contributed by atoms with Crippen LogP contribution in [0.1, 0.15) is 34.3 Å². The molecule has 0 N–H and O–H groups in total. The van der Waals surface area contributed by atoms with Crippen LogP contribution in [-0.4, -0.2) is 23.9 Å². The van der Waals surface area contributed by atoms with Gasteiger partial charge in [0.1, 0.15) is 12.4 Å². The normalized spacial score (nSPS) is 14.5. The van der Waals surface area contributed by atoms with Crippen molar-refractivity contribution in [2.75, 3.05) is 13.1 Å². The fourth-order valence-corrected chi connectivity index (χ4v) is 4.39. The maximum atomic E-state index is 13.0. The number of carbonyl (C=O) groups excluding carboxylic acids is 1. The Kier molecular flexibility index (Phi) is 6.85. The number of amides is 1. The summed E-state index contributed by atoms with van der Waals surface area (Å²) in [5, 5.41) is 0. The number of ether oxygens (including phenoxy) is 1. The molecule has 30 heavy (non-hydrogen) atoms. The summed E-state index contributed by atoms with van der Waals surface area (Å²) >= 11 is 3.50. The lowest BCUT2D eigenvalue weighted by Gasteiger charge is -2.32. The largest absolute Gasteiger partial charge is 0.488 e. The van der Waals surface area contributed by atoms with Gasteiger partial charge in [0.25, 0.3) is 5.91 Å². The summed E-state index contributed by atoms with van der Waals surface area (Å²) in [6, 6.07) is 26.2. The molecule has 1 heterocycles. The minimum atomic E-state index is 0.121. The summed E-state index contributed by atoms with van der Waals surface area (Å²) in [5.41, 5.74) is 3.13. The number of rotatable bonds is 6. The van der Waals surface area contributed by atoms with Gasteiger partial charge in [-0.2, -0.15) is 0 Å². The van der Waals surface area contributed by atoms with Gasteiger partial charge in [0, 0.05) is 18.7 Å². The van der Waals surface area contributed by atoms with E-state index in [2.05, 4.69) is 46.3 Å². The lowest BCUT2D eigenvalue weighted by atomic mass is 9.90. The second-order valence-electron chi connectivity index (χ2n) is 7.84. The van der Waals surface area contributed by atoms with Gasteiger partial charge in [-0.1, -0.05) is 54.6 Å². The summed E-state index contributed by atoms with van der Waals surface area (Å²) < 4.78 is 6.83. The first-order valence-corrected chi connectivity index (χ1v) is 11.3. The number of likely N-dealkylation sites (tertiary alicyclic amines) is 1. The van der Waals surface area contributed by atoms with Gasteiger partial charge in [-0.15, -0.1) is 0 Å². The number of nitrogens with zero attached hydrogens (tertiary/aromatic N) is 1. The number of hydrogen-bond acceptors (Lipinski definition) is 2. The fourth-order valence-electron chi connectivity index (χ4n) is 3.99. The molecule has 0 spiro atoms. The zero-order valence-corrected chi connectivity index (χ0v) is 18.6. The Labute approximate surface area is 186 Å². The third kappa shape index (κ3) is 5.31. The van der Waals surface area contributed by atoms with E-state index in [1.54, 1.807) is 0 Å². The van der Waals surface area contributed by atoms with E-state index >= 15 is 0 Å². The average molecular weight is 464 g/mol. The van der Waals surface area contributed by atoms with Crippen LogP contribution in [0.4, 0.5) is 0 Å². The summed E-state index contributed by atoms with van der Waals surface area (Å²) in [7, 11) is 0. The number of benzene rings is 3. The molecule has 3 nitrogen and oxygen atoms in total. The Hall–Kier alpha value is -2.59. The Morgan fingerprint density at radius 1 is 0.900 bits per heavy atom. The molecule has 0 bridgehead atoms. The molecule has 1 saturated heterocycles. The topological polar surface area (TPSA) is 29.5 Å². The smallest absolute Gasteiger partial charge is 0.253 e. The van der Waals surface area contributed by atoms with Gasteiger partial charge in [0.2, 0.25) is 0 Å². The highest BCUT2D eigenvalue weighted by molar-refractivity contribution is 9.10. The predicted octanol–water partition coefficient (Wildman–Crippen LogP) is 6.12. The van der Waals surface area contributed by atoms with Crippen LogP contribution < -0.4 is 4.74 Å². The number of hydrogen-bond donors (Lipinski definition) is 0. The zero-order valence-electron chi connectivity index (χ0n) is 17.0. The molecule has 0 saturated carbocycles. The molecule has 0 atom stereocenters. The second kappa shape index (κ2) is 9.94. The van der Waals surface area contributed by atoms with Crippen molar-refractivity contribution in [3.05, 3.63) is 100 Å². The molecule has 0 unspecified atom stereocenters. The maximum Gasteiger partial charge on any atom is 0.253 e. The quantitative estimate of drug-likeness (QED) is 0.440. The fraction of sp³-hybridized carbons (Fsp3) is 0.269. The Balaban J connectivity index is 1.32. The molecule has 1 aliphatic rings. The summed E-state index contributed by atoms with van der Waals surface area (Å²) in [6.45, 7) is 2.09. The second-order valence-corrected chi connectivity index (χ2v) is 8.70. The molecular formula is C26H26BrNO2. The first-order chi connectivity index (χ1) is 14.7. The van der Waals surface area contributed by atoms with Gasteiger partial charge in [-0.3, -0.25) is 4.79 Å². The van der Waals surface area contributed by atoms with Gasteiger partial charge in [0.05, 0.1) is 4.47 Å². The predicted molar refractivity (Wildman–Crippen MR) is 124 cm³/mol. The SMILES string of the molecule is O=C(c1cccc(COc2ccccc2Br)c1)N1CCC(Cc2ccccc2)CC1. The van der Waals surface area contributed by atoms with Gasteiger partial charge >= 0.3 is 0 Å². The van der Waals surface area contributed by atoms with Crippen molar-refractivity contribution >= 4 is 21.8 Å². The molecule has 3 aromatic carbocycles. The monoisotopic (exact) mass is 463 g/mol. The van der Waals surface area contributed by atoms with E-state index < -0.39 is 0 Å². The molecular weight excluding hydrogens is 438 g/mol. The minimum Gasteiger partial charge on any atom is -0.488 e. The third-order valence-corrected chi connectivity index (χ3v) is 6.33. The van der Waals surface area contributed by atoms with Crippen molar-refractivity contribution in [1.82, 2.24) is 4.90 Å². The van der Waals surface area contributed by atoms with Crippen molar-refractivity contribution < 1.29 is 9.53 Å². The average Bonchev–Trinajstić information content (AvgIpc) is 2.79. The van der Waals surface area contributed by atoms with Gasteiger partial charge in [-0.25, -0.2) is 0 Å². The van der Waals surface area contributed by atoms with E-state index in [-0.39, 0.29) is 5.91 Å². The van der Waals surface area contributed by atoms with Crippen LogP contribution in [0.2, 0.25) is 0 Å². The molecule has 0 aromatic heterocycles. The third-order valence-electron chi connectivity index (χ3n) is 5.67. The lowest BCUT2D eigenvalue weighted by Crippen LogP contribution is -2.38. The van der Waals surface area contributed by atoms with Crippen molar-refractivity contribution in [3.8, 4) is 5.75 Å².